The Hall–Kier alpha value is -2.53. The van der Waals surface area contributed by atoms with Gasteiger partial charge in [-0.3, -0.25) is 9.69 Å². The molecule has 172 valence electrons. The number of hydrogen-bond acceptors (Lipinski definition) is 4. The molecule has 4 atom stereocenters. The lowest BCUT2D eigenvalue weighted by Gasteiger charge is -2.62. The maximum atomic E-state index is 13.4. The third-order valence-corrected chi connectivity index (χ3v) is 8.07. The first-order chi connectivity index (χ1) is 15.3. The van der Waals surface area contributed by atoms with Gasteiger partial charge in [0.1, 0.15) is 11.5 Å². The predicted molar refractivity (Wildman–Crippen MR) is 129 cm³/mol. The van der Waals surface area contributed by atoms with E-state index in [9.17, 15) is 4.79 Å². The number of benzene rings is 2. The van der Waals surface area contributed by atoms with Gasteiger partial charge in [0.15, 0.2) is 0 Å². The molecular weight excluding hydrogens is 400 g/mol. The number of carbonyl (C=O) groups is 1. The maximum absolute atomic E-state index is 13.4. The molecule has 2 bridgehead atoms. The summed E-state index contributed by atoms with van der Waals surface area (Å²) < 4.78 is 10.8. The molecule has 3 aliphatic rings. The smallest absolute Gasteiger partial charge is 0.245 e. The van der Waals surface area contributed by atoms with Crippen LogP contribution in [0.25, 0.3) is 0 Å². The highest BCUT2D eigenvalue weighted by molar-refractivity contribution is 6.02. The zero-order valence-electron chi connectivity index (χ0n) is 19.9. The topological polar surface area (TPSA) is 50.8 Å². The van der Waals surface area contributed by atoms with Crippen LogP contribution in [0.15, 0.2) is 48.5 Å². The van der Waals surface area contributed by atoms with Crippen LogP contribution >= 0.6 is 0 Å². The average Bonchev–Trinajstić information content (AvgIpc) is 2.80. The van der Waals surface area contributed by atoms with Gasteiger partial charge < -0.3 is 14.8 Å². The van der Waals surface area contributed by atoms with Crippen molar-refractivity contribution < 1.29 is 14.3 Å². The van der Waals surface area contributed by atoms with Crippen molar-refractivity contribution in [1.82, 2.24) is 5.32 Å². The Morgan fingerprint density at radius 3 is 2.12 bits per heavy atom. The molecule has 4 unspecified atom stereocenters. The quantitative estimate of drug-likeness (QED) is 0.612. The van der Waals surface area contributed by atoms with Crippen LogP contribution in [0.2, 0.25) is 0 Å². The van der Waals surface area contributed by atoms with Gasteiger partial charge in [-0.1, -0.05) is 32.9 Å². The Balaban J connectivity index is 1.47. The lowest BCUT2D eigenvalue weighted by molar-refractivity contribution is -0.128. The van der Waals surface area contributed by atoms with Gasteiger partial charge in [0, 0.05) is 12.1 Å². The summed E-state index contributed by atoms with van der Waals surface area (Å²) in [5, 5.41) is 3.48. The number of amides is 1. The minimum atomic E-state index is 0.000424. The summed E-state index contributed by atoms with van der Waals surface area (Å²) in [7, 11) is 3.27. The molecule has 0 spiro atoms. The van der Waals surface area contributed by atoms with Gasteiger partial charge in [-0.25, -0.2) is 0 Å². The molecule has 2 aromatic rings. The largest absolute Gasteiger partial charge is 0.497 e. The SMILES string of the molecule is COc1cccc(N(C(=O)CNCC2CC3CC(C2C)C3(C)C)c2cccc(OC)c2)c1. The minimum absolute atomic E-state index is 0.000424. The van der Waals surface area contributed by atoms with E-state index in [-0.39, 0.29) is 12.5 Å². The van der Waals surface area contributed by atoms with Crippen LogP contribution in [0.3, 0.4) is 0 Å². The van der Waals surface area contributed by atoms with Crippen LogP contribution in [0.5, 0.6) is 11.5 Å². The van der Waals surface area contributed by atoms with Gasteiger partial charge in [-0.2, -0.15) is 0 Å². The summed E-state index contributed by atoms with van der Waals surface area (Å²) in [5.74, 6) is 4.42. The van der Waals surface area contributed by atoms with Gasteiger partial charge in [0.2, 0.25) is 5.91 Å². The molecule has 32 heavy (non-hydrogen) atoms. The highest BCUT2D eigenvalue weighted by atomic mass is 16.5. The maximum Gasteiger partial charge on any atom is 0.245 e. The number of ether oxygens (including phenoxy) is 2. The zero-order valence-corrected chi connectivity index (χ0v) is 19.9. The summed E-state index contributed by atoms with van der Waals surface area (Å²) in [5.41, 5.74) is 2.04. The van der Waals surface area contributed by atoms with Crippen LogP contribution in [0.1, 0.15) is 33.6 Å². The standard InChI is InChI=1S/C27H36N2O3/c1-18-19(12-20-13-25(18)27(20,2)3)16-28-17-26(30)29(21-8-6-10-23(14-21)31-4)22-9-7-11-24(15-22)32-5/h6-11,14-15,18-20,25,28H,12-13,16-17H2,1-5H3. The zero-order chi connectivity index (χ0) is 22.9. The van der Waals surface area contributed by atoms with E-state index in [1.54, 1.807) is 19.1 Å². The van der Waals surface area contributed by atoms with Crippen LogP contribution in [0.4, 0.5) is 11.4 Å². The molecule has 0 aliphatic heterocycles. The van der Waals surface area contributed by atoms with Crippen molar-refractivity contribution in [3.63, 3.8) is 0 Å². The Morgan fingerprint density at radius 1 is 1.03 bits per heavy atom. The minimum Gasteiger partial charge on any atom is -0.497 e. The number of carbonyl (C=O) groups excluding carboxylic acids is 1. The van der Waals surface area contributed by atoms with E-state index in [0.717, 1.165) is 29.8 Å². The van der Waals surface area contributed by atoms with Gasteiger partial charge in [0.05, 0.1) is 32.1 Å². The lowest BCUT2D eigenvalue weighted by atomic mass is 9.43. The van der Waals surface area contributed by atoms with Crippen molar-refractivity contribution in [3.8, 4) is 11.5 Å². The highest BCUT2D eigenvalue weighted by Crippen LogP contribution is 2.62. The molecule has 3 aliphatic carbocycles. The molecule has 0 radical (unpaired) electrons. The third-order valence-electron chi connectivity index (χ3n) is 8.07. The van der Waals surface area contributed by atoms with Gasteiger partial charge >= 0.3 is 0 Å². The summed E-state index contributed by atoms with van der Waals surface area (Å²) in [4.78, 5) is 15.2. The summed E-state index contributed by atoms with van der Waals surface area (Å²) >= 11 is 0. The van der Waals surface area contributed by atoms with Crippen molar-refractivity contribution in [2.45, 2.75) is 33.6 Å². The number of nitrogens with zero attached hydrogens (tertiary/aromatic N) is 1. The normalized spacial score (nSPS) is 25.5. The van der Waals surface area contributed by atoms with Gasteiger partial charge in [-0.05, 0) is 72.7 Å². The fourth-order valence-electron chi connectivity index (χ4n) is 5.91. The third kappa shape index (κ3) is 4.23. The van der Waals surface area contributed by atoms with Crippen molar-refractivity contribution in [2.75, 3.05) is 32.2 Å². The molecule has 5 rings (SSSR count). The second-order valence-electron chi connectivity index (χ2n) is 9.98. The number of hydrogen-bond donors (Lipinski definition) is 1. The average molecular weight is 437 g/mol. The Labute approximate surface area is 192 Å². The number of fused-ring (bicyclic) bond motifs is 2. The number of rotatable bonds is 8. The molecule has 5 nitrogen and oxygen atoms in total. The monoisotopic (exact) mass is 436 g/mol. The van der Waals surface area contributed by atoms with Crippen molar-refractivity contribution >= 4 is 17.3 Å². The van der Waals surface area contributed by atoms with E-state index >= 15 is 0 Å². The van der Waals surface area contributed by atoms with E-state index in [4.69, 9.17) is 9.47 Å². The molecule has 3 saturated carbocycles. The number of methoxy groups -OCH3 is 2. The Morgan fingerprint density at radius 2 is 1.62 bits per heavy atom. The van der Waals surface area contributed by atoms with E-state index in [1.165, 1.54) is 12.8 Å². The van der Waals surface area contributed by atoms with E-state index < -0.39 is 0 Å². The van der Waals surface area contributed by atoms with Gasteiger partial charge in [0.25, 0.3) is 0 Å². The first kappa shape index (κ1) is 22.7. The van der Waals surface area contributed by atoms with Crippen LogP contribution in [-0.4, -0.2) is 33.2 Å². The molecule has 1 N–H and O–H groups in total. The van der Waals surface area contributed by atoms with E-state index in [0.29, 0.717) is 28.7 Å². The first-order valence-corrected chi connectivity index (χ1v) is 11.7. The Kier molecular flexibility index (Phi) is 6.47. The summed E-state index contributed by atoms with van der Waals surface area (Å²) in [6.45, 7) is 8.43. The van der Waals surface area contributed by atoms with Crippen molar-refractivity contribution in [1.29, 1.82) is 0 Å². The number of anilines is 2. The fourth-order valence-corrected chi connectivity index (χ4v) is 5.91. The molecule has 0 heterocycles. The summed E-state index contributed by atoms with van der Waals surface area (Å²) in [6.07, 6.45) is 2.64. The second kappa shape index (κ2) is 9.14. The molecule has 0 saturated heterocycles. The van der Waals surface area contributed by atoms with Crippen molar-refractivity contribution in [3.05, 3.63) is 48.5 Å². The summed E-state index contributed by atoms with van der Waals surface area (Å²) in [6, 6.07) is 15.2. The van der Waals surface area contributed by atoms with Crippen LogP contribution in [-0.2, 0) is 4.79 Å². The fraction of sp³-hybridized carbons (Fsp3) is 0.519. The van der Waals surface area contributed by atoms with E-state index in [1.807, 2.05) is 48.5 Å². The Bertz CT molecular complexity index is 910. The highest BCUT2D eigenvalue weighted by Gasteiger charge is 2.55. The molecule has 2 aromatic carbocycles. The molecule has 5 heteroatoms. The molecular formula is C27H36N2O3. The second-order valence-corrected chi connectivity index (χ2v) is 9.98. The number of nitrogens with one attached hydrogen (secondary N) is 1. The van der Waals surface area contributed by atoms with Crippen molar-refractivity contribution in [2.24, 2.45) is 29.1 Å². The molecule has 0 aromatic heterocycles. The van der Waals surface area contributed by atoms with E-state index in [2.05, 4.69) is 26.1 Å². The van der Waals surface area contributed by atoms with Gasteiger partial charge in [-0.15, -0.1) is 0 Å². The lowest BCUT2D eigenvalue weighted by Crippen LogP contribution is -2.56. The van der Waals surface area contributed by atoms with Crippen LogP contribution in [0, 0.1) is 29.1 Å². The predicted octanol–water partition coefficient (Wildman–Crippen LogP) is 5.28. The van der Waals surface area contributed by atoms with Crippen LogP contribution < -0.4 is 19.7 Å². The molecule has 1 amide bonds. The first-order valence-electron chi connectivity index (χ1n) is 11.7. The molecule has 3 fully saturated rings.